The van der Waals surface area contributed by atoms with Crippen molar-refractivity contribution in [2.75, 3.05) is 13.1 Å². The second-order valence-corrected chi connectivity index (χ2v) is 12.2. The number of hydrogen-bond acceptors (Lipinski definition) is 7. The minimum atomic E-state index is -1.15. The summed E-state index contributed by atoms with van der Waals surface area (Å²) < 4.78 is 13.6. The third-order valence-electron chi connectivity index (χ3n) is 7.49. The van der Waals surface area contributed by atoms with Crippen LogP contribution in [0.4, 0.5) is 4.39 Å². The van der Waals surface area contributed by atoms with Crippen molar-refractivity contribution in [2.24, 2.45) is 33.8 Å². The van der Waals surface area contributed by atoms with Gasteiger partial charge in [0.1, 0.15) is 30.0 Å². The van der Waals surface area contributed by atoms with Gasteiger partial charge in [0, 0.05) is 19.0 Å². The fraction of sp³-hybridized carbons (Fsp3) is 0.429. The van der Waals surface area contributed by atoms with Gasteiger partial charge >= 0.3 is 0 Å². The van der Waals surface area contributed by atoms with E-state index in [1.165, 1.54) is 30.3 Å². The number of primary amides is 1. The fourth-order valence-corrected chi connectivity index (χ4v) is 4.92. The second-order valence-electron chi connectivity index (χ2n) is 12.2. The van der Waals surface area contributed by atoms with E-state index in [4.69, 9.17) is 22.9 Å². The Hall–Kier alpha value is -5.31. The predicted molar refractivity (Wildman–Crippen MR) is 190 cm³/mol. The van der Waals surface area contributed by atoms with Crippen molar-refractivity contribution in [3.8, 4) is 0 Å². The van der Waals surface area contributed by atoms with Crippen LogP contribution in [0.3, 0.4) is 0 Å². The molecule has 0 bridgehead atoms. The molecule has 0 aliphatic rings. The summed E-state index contributed by atoms with van der Waals surface area (Å²) in [7, 11) is 0. The first-order valence-corrected chi connectivity index (χ1v) is 16.5. The van der Waals surface area contributed by atoms with Gasteiger partial charge < -0.3 is 44.2 Å². The van der Waals surface area contributed by atoms with E-state index in [2.05, 4.69) is 26.3 Å². The molecule has 0 heterocycles. The number of guanidine groups is 1. The van der Waals surface area contributed by atoms with Crippen molar-refractivity contribution in [2.45, 2.75) is 76.5 Å². The molecule has 15 heteroatoms. The largest absolute Gasteiger partial charge is 0.370 e. The Morgan fingerprint density at radius 2 is 1.34 bits per heavy atom. The number of nitrogens with zero attached hydrogens (tertiary/aromatic N) is 1. The van der Waals surface area contributed by atoms with Gasteiger partial charge in [-0.05, 0) is 73.9 Å². The van der Waals surface area contributed by atoms with Crippen molar-refractivity contribution in [1.29, 1.82) is 0 Å². The van der Waals surface area contributed by atoms with Crippen LogP contribution in [0.25, 0.3) is 6.08 Å². The SMILES string of the molecule is CC(C)C[C@H](NC(=O)[C@H](CCCN)NC(=O)[C@H](Cc1ccc(F)cc1)NC(=O)/C=C/c1ccccc1)C(=O)N[C@@H](CCCN=C(N)N)C(N)=O. The molecule has 2 aromatic rings. The number of hydrogen-bond donors (Lipinski definition) is 8. The van der Waals surface area contributed by atoms with Crippen LogP contribution in [0.2, 0.25) is 0 Å². The van der Waals surface area contributed by atoms with Gasteiger partial charge in [-0.25, -0.2) is 4.39 Å². The second kappa shape index (κ2) is 21.6. The van der Waals surface area contributed by atoms with Crippen molar-refractivity contribution in [3.63, 3.8) is 0 Å². The van der Waals surface area contributed by atoms with Crippen molar-refractivity contribution < 1.29 is 28.4 Å². The molecular weight excluding hydrogens is 645 g/mol. The quantitative estimate of drug-likeness (QED) is 0.0391. The minimum Gasteiger partial charge on any atom is -0.370 e. The summed E-state index contributed by atoms with van der Waals surface area (Å²) in [6, 6.07) is 10.2. The molecule has 0 spiro atoms. The summed E-state index contributed by atoms with van der Waals surface area (Å²) in [5, 5.41) is 10.7. The molecule has 4 atom stereocenters. The summed E-state index contributed by atoms with van der Waals surface area (Å²) in [5.74, 6) is -3.90. The first kappa shape index (κ1) is 40.9. The van der Waals surface area contributed by atoms with Gasteiger partial charge in [-0.1, -0.05) is 56.3 Å². The molecule has 12 N–H and O–H groups in total. The van der Waals surface area contributed by atoms with E-state index in [1.807, 2.05) is 44.2 Å². The Balaban J connectivity index is 2.24. The third kappa shape index (κ3) is 15.7. The number of nitrogens with two attached hydrogens (primary N) is 4. The average Bonchev–Trinajstić information content (AvgIpc) is 3.07. The summed E-state index contributed by atoms with van der Waals surface area (Å²) in [6.45, 7) is 4.16. The van der Waals surface area contributed by atoms with E-state index in [1.54, 1.807) is 6.08 Å². The van der Waals surface area contributed by atoms with Crippen LogP contribution in [-0.4, -0.2) is 72.8 Å². The first-order valence-electron chi connectivity index (χ1n) is 16.5. The van der Waals surface area contributed by atoms with Crippen LogP contribution in [0.15, 0.2) is 65.7 Å². The standard InChI is InChI=1S/C35H50FN9O5/c1-22(2)20-28(33(49)43-26(31(38)47)11-7-19-41-35(39)40)45-32(48)27(10-6-18-37)44-34(50)29(21-24-12-15-25(36)16-13-24)42-30(46)17-14-23-8-4-3-5-9-23/h3-5,8-9,12-17,22,26-29H,6-7,10-11,18-21,37H2,1-2H3,(H2,38,47)(H,42,46)(H,43,49)(H,44,50)(H,45,48)(H4,39,40,41)/b17-14+/t26-,27-,28-,29-/m0/s1. The van der Waals surface area contributed by atoms with E-state index in [0.29, 0.717) is 18.4 Å². The molecule has 14 nitrogen and oxygen atoms in total. The zero-order chi connectivity index (χ0) is 37.1. The van der Waals surface area contributed by atoms with Crippen LogP contribution < -0.4 is 44.2 Å². The van der Waals surface area contributed by atoms with Crippen LogP contribution >= 0.6 is 0 Å². The summed E-state index contributed by atoms with van der Waals surface area (Å²) in [4.78, 5) is 69.6. The predicted octanol–water partition coefficient (Wildman–Crippen LogP) is 0.345. The molecule has 0 aliphatic heterocycles. The number of rotatable bonds is 21. The normalized spacial score (nSPS) is 13.5. The maximum Gasteiger partial charge on any atom is 0.244 e. The maximum absolute atomic E-state index is 13.7. The number of carbonyl (C=O) groups is 5. The van der Waals surface area contributed by atoms with Gasteiger partial charge in [0.25, 0.3) is 0 Å². The first-order chi connectivity index (χ1) is 23.8. The van der Waals surface area contributed by atoms with Gasteiger partial charge in [0.05, 0.1) is 0 Å². The Bertz CT molecular complexity index is 1460. The van der Waals surface area contributed by atoms with Crippen LogP contribution in [0, 0.1) is 11.7 Å². The van der Waals surface area contributed by atoms with Crippen LogP contribution in [0.1, 0.15) is 57.1 Å². The molecule has 0 aliphatic carbocycles. The highest BCUT2D eigenvalue weighted by Gasteiger charge is 2.31. The van der Waals surface area contributed by atoms with Gasteiger partial charge in [0.2, 0.25) is 29.5 Å². The molecule has 2 rings (SSSR count). The number of nitrogens with one attached hydrogen (secondary N) is 4. The Kier molecular flexibility index (Phi) is 17.7. The number of carbonyl (C=O) groups excluding carboxylic acids is 5. The lowest BCUT2D eigenvalue weighted by Gasteiger charge is -2.27. The molecule has 0 aromatic heterocycles. The van der Waals surface area contributed by atoms with Crippen molar-refractivity contribution >= 4 is 41.6 Å². The monoisotopic (exact) mass is 695 g/mol. The van der Waals surface area contributed by atoms with E-state index in [-0.39, 0.29) is 50.7 Å². The van der Waals surface area contributed by atoms with E-state index in [9.17, 15) is 28.4 Å². The lowest BCUT2D eigenvalue weighted by Crippen LogP contribution is -2.58. The van der Waals surface area contributed by atoms with E-state index in [0.717, 1.165) is 5.56 Å². The molecule has 0 saturated carbocycles. The van der Waals surface area contributed by atoms with Crippen LogP contribution in [-0.2, 0) is 30.4 Å². The number of benzene rings is 2. The molecule has 50 heavy (non-hydrogen) atoms. The van der Waals surface area contributed by atoms with E-state index < -0.39 is 59.5 Å². The molecule has 0 saturated heterocycles. The maximum atomic E-state index is 13.7. The zero-order valence-electron chi connectivity index (χ0n) is 28.6. The molecular formula is C35H50FN9O5. The Morgan fingerprint density at radius 1 is 0.760 bits per heavy atom. The lowest BCUT2D eigenvalue weighted by atomic mass is 10.0. The Morgan fingerprint density at radius 3 is 1.94 bits per heavy atom. The highest BCUT2D eigenvalue weighted by Crippen LogP contribution is 2.11. The number of halogens is 1. The lowest BCUT2D eigenvalue weighted by molar-refractivity contribution is -0.134. The zero-order valence-corrected chi connectivity index (χ0v) is 28.6. The minimum absolute atomic E-state index is 0.00166. The molecule has 0 unspecified atom stereocenters. The summed E-state index contributed by atoms with van der Waals surface area (Å²) in [5.41, 5.74) is 23.3. The van der Waals surface area contributed by atoms with Gasteiger partial charge in [-0.15, -0.1) is 0 Å². The summed E-state index contributed by atoms with van der Waals surface area (Å²) >= 11 is 0. The highest BCUT2D eigenvalue weighted by molar-refractivity contribution is 5.97. The van der Waals surface area contributed by atoms with Gasteiger partial charge in [0.15, 0.2) is 5.96 Å². The molecule has 0 radical (unpaired) electrons. The highest BCUT2D eigenvalue weighted by atomic mass is 19.1. The van der Waals surface area contributed by atoms with Crippen molar-refractivity contribution in [3.05, 3.63) is 77.6 Å². The van der Waals surface area contributed by atoms with Crippen molar-refractivity contribution in [1.82, 2.24) is 21.3 Å². The van der Waals surface area contributed by atoms with E-state index >= 15 is 0 Å². The Labute approximate surface area is 292 Å². The topological polar surface area (TPSA) is 250 Å². The molecule has 0 fully saturated rings. The smallest absolute Gasteiger partial charge is 0.244 e. The van der Waals surface area contributed by atoms with Gasteiger partial charge in [-0.3, -0.25) is 29.0 Å². The third-order valence-corrected chi connectivity index (χ3v) is 7.49. The average molecular weight is 696 g/mol. The van der Waals surface area contributed by atoms with Crippen LogP contribution in [0.5, 0.6) is 0 Å². The number of amides is 5. The molecule has 272 valence electrons. The molecule has 5 amide bonds. The number of aliphatic imine (C=N–C) groups is 1. The molecule has 2 aromatic carbocycles. The summed E-state index contributed by atoms with van der Waals surface area (Å²) in [6.07, 6.45) is 4.09. The van der Waals surface area contributed by atoms with Gasteiger partial charge in [-0.2, -0.15) is 0 Å². The fourth-order valence-electron chi connectivity index (χ4n) is 4.92.